The van der Waals surface area contributed by atoms with Gasteiger partial charge in [-0.2, -0.15) is 11.8 Å². The second kappa shape index (κ2) is 8.15. The van der Waals surface area contributed by atoms with Crippen LogP contribution in [0, 0.1) is 5.92 Å². The number of hydrogen-bond donors (Lipinski definition) is 2. The molecule has 19 heavy (non-hydrogen) atoms. The van der Waals surface area contributed by atoms with Crippen LogP contribution in [-0.4, -0.2) is 36.0 Å². The quantitative estimate of drug-likeness (QED) is 0.815. The first kappa shape index (κ1) is 15.2. The zero-order valence-electron chi connectivity index (χ0n) is 12.1. The van der Waals surface area contributed by atoms with Gasteiger partial charge in [-0.3, -0.25) is 4.79 Å². The Kier molecular flexibility index (Phi) is 6.51. The molecule has 2 N–H and O–H groups in total. The molecule has 2 atom stereocenters. The predicted octanol–water partition coefficient (Wildman–Crippen LogP) is 2.56. The molecule has 0 aromatic heterocycles. The standard InChI is InChI=1S/C15H28N2OS/c1-2-14(12-6-4-3-5-7-12)17-15(18)10-13-11-19-9-8-16-13/h12-14,16H,2-11H2,1H3,(H,17,18). The number of nitrogens with one attached hydrogen (secondary N) is 2. The molecule has 1 amide bonds. The van der Waals surface area contributed by atoms with Crippen molar-refractivity contribution < 1.29 is 4.79 Å². The maximum absolute atomic E-state index is 12.2. The summed E-state index contributed by atoms with van der Waals surface area (Å²) in [5.74, 6) is 3.22. The predicted molar refractivity (Wildman–Crippen MR) is 82.5 cm³/mol. The minimum Gasteiger partial charge on any atom is -0.353 e. The number of rotatable bonds is 5. The van der Waals surface area contributed by atoms with E-state index in [1.165, 1.54) is 37.9 Å². The smallest absolute Gasteiger partial charge is 0.221 e. The van der Waals surface area contributed by atoms with E-state index in [0.717, 1.165) is 24.6 Å². The Bertz CT molecular complexity index is 273. The van der Waals surface area contributed by atoms with E-state index < -0.39 is 0 Å². The van der Waals surface area contributed by atoms with E-state index in [-0.39, 0.29) is 5.91 Å². The number of carbonyl (C=O) groups is 1. The van der Waals surface area contributed by atoms with Crippen molar-refractivity contribution in [3.05, 3.63) is 0 Å². The summed E-state index contributed by atoms with van der Waals surface area (Å²) in [6.07, 6.45) is 8.39. The molecule has 0 aromatic carbocycles. The van der Waals surface area contributed by atoms with Crippen molar-refractivity contribution >= 4 is 17.7 Å². The lowest BCUT2D eigenvalue weighted by molar-refractivity contribution is -0.122. The Balaban J connectivity index is 1.74. The highest BCUT2D eigenvalue weighted by molar-refractivity contribution is 7.99. The normalized spacial score (nSPS) is 26.9. The van der Waals surface area contributed by atoms with Gasteiger partial charge in [0.25, 0.3) is 0 Å². The monoisotopic (exact) mass is 284 g/mol. The Labute approximate surface area is 121 Å². The van der Waals surface area contributed by atoms with E-state index in [1.807, 2.05) is 11.8 Å². The molecule has 0 spiro atoms. The summed E-state index contributed by atoms with van der Waals surface area (Å²) in [6.45, 7) is 3.25. The van der Waals surface area contributed by atoms with E-state index in [1.54, 1.807) is 0 Å². The van der Waals surface area contributed by atoms with Gasteiger partial charge in [0.15, 0.2) is 0 Å². The first-order valence-corrected chi connectivity index (χ1v) is 9.05. The number of hydrogen-bond acceptors (Lipinski definition) is 3. The third kappa shape index (κ3) is 4.99. The Morgan fingerprint density at radius 2 is 2.16 bits per heavy atom. The molecule has 2 fully saturated rings. The van der Waals surface area contributed by atoms with Gasteiger partial charge in [-0.05, 0) is 25.2 Å². The maximum atomic E-state index is 12.2. The van der Waals surface area contributed by atoms with Crippen molar-refractivity contribution in [3.63, 3.8) is 0 Å². The van der Waals surface area contributed by atoms with E-state index in [9.17, 15) is 4.79 Å². The van der Waals surface area contributed by atoms with Crippen molar-refractivity contribution in [2.75, 3.05) is 18.1 Å². The van der Waals surface area contributed by atoms with Gasteiger partial charge in [-0.25, -0.2) is 0 Å². The second-order valence-electron chi connectivity index (χ2n) is 5.91. The van der Waals surface area contributed by atoms with Crippen molar-refractivity contribution in [1.29, 1.82) is 0 Å². The fourth-order valence-electron chi connectivity index (χ4n) is 3.33. The zero-order chi connectivity index (χ0) is 13.5. The van der Waals surface area contributed by atoms with E-state index >= 15 is 0 Å². The lowest BCUT2D eigenvalue weighted by atomic mass is 9.83. The van der Waals surface area contributed by atoms with Crippen LogP contribution in [0.25, 0.3) is 0 Å². The van der Waals surface area contributed by atoms with Crippen molar-refractivity contribution in [1.82, 2.24) is 10.6 Å². The highest BCUT2D eigenvalue weighted by Gasteiger charge is 2.25. The van der Waals surface area contributed by atoms with Crippen LogP contribution in [-0.2, 0) is 4.79 Å². The highest BCUT2D eigenvalue weighted by atomic mass is 32.2. The minimum atomic E-state index is 0.248. The van der Waals surface area contributed by atoms with Crippen LogP contribution in [0.3, 0.4) is 0 Å². The number of amides is 1. The summed E-state index contributed by atoms with van der Waals surface area (Å²) in [5, 5.41) is 6.73. The Hall–Kier alpha value is -0.220. The molecule has 2 unspecified atom stereocenters. The average Bonchev–Trinajstić information content (AvgIpc) is 2.47. The van der Waals surface area contributed by atoms with Gasteiger partial charge in [0.1, 0.15) is 0 Å². The third-order valence-corrected chi connectivity index (χ3v) is 5.57. The third-order valence-electron chi connectivity index (χ3n) is 4.44. The lowest BCUT2D eigenvalue weighted by Crippen LogP contribution is -2.45. The summed E-state index contributed by atoms with van der Waals surface area (Å²) < 4.78 is 0. The van der Waals surface area contributed by atoms with Crippen LogP contribution < -0.4 is 10.6 Å². The van der Waals surface area contributed by atoms with Gasteiger partial charge in [-0.1, -0.05) is 26.2 Å². The molecule has 1 aliphatic heterocycles. The Morgan fingerprint density at radius 3 is 2.79 bits per heavy atom. The number of thioether (sulfide) groups is 1. The van der Waals surface area contributed by atoms with Crippen LogP contribution in [0.4, 0.5) is 0 Å². The van der Waals surface area contributed by atoms with E-state index in [0.29, 0.717) is 18.5 Å². The number of carbonyl (C=O) groups excluding carboxylic acids is 1. The van der Waals surface area contributed by atoms with Crippen molar-refractivity contribution in [3.8, 4) is 0 Å². The van der Waals surface area contributed by atoms with Crippen LogP contribution in [0.15, 0.2) is 0 Å². The molecule has 2 aliphatic rings. The molecule has 0 radical (unpaired) electrons. The van der Waals surface area contributed by atoms with Crippen LogP contribution >= 0.6 is 11.8 Å². The molecule has 4 heteroatoms. The molecule has 1 saturated carbocycles. The molecule has 3 nitrogen and oxygen atoms in total. The maximum Gasteiger partial charge on any atom is 0.221 e. The molecule has 2 rings (SSSR count). The summed E-state index contributed by atoms with van der Waals surface area (Å²) in [5.41, 5.74) is 0. The van der Waals surface area contributed by atoms with E-state index in [4.69, 9.17) is 0 Å². The molecule has 1 heterocycles. The summed E-state index contributed by atoms with van der Waals surface area (Å²) in [7, 11) is 0. The molecule has 110 valence electrons. The van der Waals surface area contributed by atoms with Gasteiger partial charge >= 0.3 is 0 Å². The second-order valence-corrected chi connectivity index (χ2v) is 7.06. The summed E-state index contributed by atoms with van der Waals surface area (Å²) in [4.78, 5) is 12.2. The first-order valence-electron chi connectivity index (χ1n) is 7.90. The van der Waals surface area contributed by atoms with Crippen LogP contribution in [0.1, 0.15) is 51.9 Å². The summed E-state index contributed by atoms with van der Waals surface area (Å²) in [6, 6.07) is 0.784. The molecular formula is C15H28N2OS. The lowest BCUT2D eigenvalue weighted by Gasteiger charge is -2.31. The largest absolute Gasteiger partial charge is 0.353 e. The minimum absolute atomic E-state index is 0.248. The Morgan fingerprint density at radius 1 is 1.37 bits per heavy atom. The van der Waals surface area contributed by atoms with Crippen molar-refractivity contribution in [2.24, 2.45) is 5.92 Å². The molecular weight excluding hydrogens is 256 g/mol. The fourth-order valence-corrected chi connectivity index (χ4v) is 4.28. The van der Waals surface area contributed by atoms with Crippen LogP contribution in [0.2, 0.25) is 0 Å². The molecule has 0 bridgehead atoms. The van der Waals surface area contributed by atoms with Gasteiger partial charge in [0, 0.05) is 36.6 Å². The van der Waals surface area contributed by atoms with Gasteiger partial charge < -0.3 is 10.6 Å². The highest BCUT2D eigenvalue weighted by Crippen LogP contribution is 2.27. The molecule has 1 aliphatic carbocycles. The molecule has 0 aromatic rings. The topological polar surface area (TPSA) is 41.1 Å². The van der Waals surface area contributed by atoms with Crippen molar-refractivity contribution in [2.45, 2.75) is 64.0 Å². The van der Waals surface area contributed by atoms with E-state index in [2.05, 4.69) is 17.6 Å². The van der Waals surface area contributed by atoms with Gasteiger partial charge in [-0.15, -0.1) is 0 Å². The van der Waals surface area contributed by atoms with Gasteiger partial charge in [0.05, 0.1) is 0 Å². The zero-order valence-corrected chi connectivity index (χ0v) is 12.9. The van der Waals surface area contributed by atoms with Crippen LogP contribution in [0.5, 0.6) is 0 Å². The van der Waals surface area contributed by atoms with Gasteiger partial charge in [0.2, 0.25) is 5.91 Å². The average molecular weight is 284 g/mol. The first-order chi connectivity index (χ1) is 9.29. The molecule has 1 saturated heterocycles. The summed E-state index contributed by atoms with van der Waals surface area (Å²) >= 11 is 1.96. The SMILES string of the molecule is CCC(NC(=O)CC1CSCCN1)C1CCCCC1. The fraction of sp³-hybridized carbons (Fsp3) is 0.933.